The van der Waals surface area contributed by atoms with E-state index in [4.69, 9.17) is 0 Å². The number of nitrogens with zero attached hydrogens (tertiary/aromatic N) is 1. The Hall–Kier alpha value is -2.18. The van der Waals surface area contributed by atoms with Crippen LogP contribution in [0.1, 0.15) is 12.0 Å². The first-order chi connectivity index (χ1) is 11.0. The summed E-state index contributed by atoms with van der Waals surface area (Å²) < 4.78 is 27.3. The summed E-state index contributed by atoms with van der Waals surface area (Å²) in [5.74, 6) is -0.0744. The number of benzene rings is 2. The quantitative estimate of drug-likeness (QED) is 0.933. The molecule has 0 saturated carbocycles. The van der Waals surface area contributed by atoms with Gasteiger partial charge in [0.15, 0.2) is 0 Å². The predicted molar refractivity (Wildman–Crippen MR) is 88.7 cm³/mol. The third-order valence-electron chi connectivity index (χ3n) is 3.85. The molecule has 1 aliphatic rings. The van der Waals surface area contributed by atoms with Gasteiger partial charge in [0, 0.05) is 24.7 Å². The van der Waals surface area contributed by atoms with E-state index in [0.717, 1.165) is 11.3 Å². The first-order valence-corrected chi connectivity index (χ1v) is 8.88. The maximum Gasteiger partial charge on any atom is 0.240 e. The highest BCUT2D eigenvalue weighted by Gasteiger charge is 2.33. The molecule has 1 atom stereocenters. The normalized spacial score (nSPS) is 18.4. The predicted octanol–water partition coefficient (Wildman–Crippen LogP) is 2.08. The van der Waals surface area contributed by atoms with E-state index in [0.29, 0.717) is 6.54 Å². The summed E-state index contributed by atoms with van der Waals surface area (Å²) in [6.45, 7) is 2.32. The minimum absolute atomic E-state index is 0.0744. The van der Waals surface area contributed by atoms with E-state index in [2.05, 4.69) is 4.72 Å². The van der Waals surface area contributed by atoms with Crippen LogP contribution < -0.4 is 9.62 Å². The molecule has 0 radical (unpaired) electrons. The summed E-state index contributed by atoms with van der Waals surface area (Å²) >= 11 is 0. The molecule has 2 aromatic carbocycles. The standard InChI is InChI=1S/C17H18N2O3S/c1-13-7-9-15(10-8-13)19-12-14(11-17(19)20)18-23(21,22)16-5-3-2-4-6-16/h2-10,14,18H,11-12H2,1H3/t14-/m1/s1. The van der Waals surface area contributed by atoms with Crippen molar-refractivity contribution >= 4 is 21.6 Å². The van der Waals surface area contributed by atoms with Gasteiger partial charge in [-0.15, -0.1) is 0 Å². The van der Waals surface area contributed by atoms with Crippen molar-refractivity contribution in [1.82, 2.24) is 4.72 Å². The van der Waals surface area contributed by atoms with E-state index in [1.807, 2.05) is 31.2 Å². The molecule has 1 fully saturated rings. The van der Waals surface area contributed by atoms with Gasteiger partial charge in [0.05, 0.1) is 4.90 Å². The average molecular weight is 330 g/mol. The zero-order chi connectivity index (χ0) is 16.4. The molecular formula is C17H18N2O3S. The number of hydrogen-bond donors (Lipinski definition) is 1. The molecule has 2 aromatic rings. The summed E-state index contributed by atoms with van der Waals surface area (Å²) in [7, 11) is -3.61. The largest absolute Gasteiger partial charge is 0.311 e. The van der Waals surface area contributed by atoms with Gasteiger partial charge in [-0.1, -0.05) is 35.9 Å². The highest BCUT2D eigenvalue weighted by Crippen LogP contribution is 2.23. The first-order valence-electron chi connectivity index (χ1n) is 7.40. The van der Waals surface area contributed by atoms with Crippen LogP contribution in [0.2, 0.25) is 0 Å². The van der Waals surface area contributed by atoms with E-state index in [-0.39, 0.29) is 17.2 Å². The van der Waals surface area contributed by atoms with Crippen LogP contribution in [0.15, 0.2) is 59.5 Å². The van der Waals surface area contributed by atoms with E-state index in [1.165, 1.54) is 12.1 Å². The van der Waals surface area contributed by atoms with Crippen molar-refractivity contribution in [2.24, 2.45) is 0 Å². The second kappa shape index (κ2) is 6.14. The van der Waals surface area contributed by atoms with Gasteiger partial charge in [-0.2, -0.15) is 0 Å². The van der Waals surface area contributed by atoms with Crippen LogP contribution >= 0.6 is 0 Å². The van der Waals surface area contributed by atoms with E-state index in [1.54, 1.807) is 23.1 Å². The molecule has 1 N–H and O–H groups in total. The van der Waals surface area contributed by atoms with Crippen molar-refractivity contribution in [2.45, 2.75) is 24.3 Å². The smallest absolute Gasteiger partial charge is 0.240 e. The molecule has 0 unspecified atom stereocenters. The summed E-state index contributed by atoms with van der Waals surface area (Å²) in [5, 5.41) is 0. The number of nitrogens with one attached hydrogen (secondary N) is 1. The molecule has 0 spiro atoms. The Bertz CT molecular complexity index is 801. The van der Waals surface area contributed by atoms with Gasteiger partial charge in [-0.25, -0.2) is 13.1 Å². The highest BCUT2D eigenvalue weighted by atomic mass is 32.2. The summed E-state index contributed by atoms with van der Waals surface area (Å²) in [6.07, 6.45) is 0.167. The molecule has 1 saturated heterocycles. The van der Waals surface area contributed by atoms with E-state index >= 15 is 0 Å². The fourth-order valence-electron chi connectivity index (χ4n) is 2.65. The molecule has 120 valence electrons. The van der Waals surface area contributed by atoms with Crippen LogP contribution in [0.5, 0.6) is 0 Å². The minimum atomic E-state index is -3.61. The topological polar surface area (TPSA) is 66.5 Å². The molecule has 5 nitrogen and oxygen atoms in total. The highest BCUT2D eigenvalue weighted by molar-refractivity contribution is 7.89. The van der Waals surface area contributed by atoms with Gasteiger partial charge >= 0.3 is 0 Å². The molecule has 0 bridgehead atoms. The van der Waals surface area contributed by atoms with Crippen LogP contribution in [0, 0.1) is 6.92 Å². The maximum atomic E-state index is 12.3. The Morgan fingerprint density at radius 2 is 1.70 bits per heavy atom. The lowest BCUT2D eigenvalue weighted by molar-refractivity contribution is -0.117. The zero-order valence-corrected chi connectivity index (χ0v) is 13.6. The number of hydrogen-bond acceptors (Lipinski definition) is 3. The van der Waals surface area contributed by atoms with Gasteiger partial charge in [0.2, 0.25) is 15.9 Å². The molecule has 23 heavy (non-hydrogen) atoms. The van der Waals surface area contributed by atoms with Crippen molar-refractivity contribution in [3.63, 3.8) is 0 Å². The third kappa shape index (κ3) is 3.43. The molecule has 1 amide bonds. The Kier molecular flexibility index (Phi) is 4.19. The molecule has 0 aliphatic carbocycles. The van der Waals surface area contributed by atoms with Crippen molar-refractivity contribution in [2.75, 3.05) is 11.4 Å². The van der Waals surface area contributed by atoms with Crippen molar-refractivity contribution < 1.29 is 13.2 Å². The lowest BCUT2D eigenvalue weighted by Crippen LogP contribution is -2.37. The third-order valence-corrected chi connectivity index (χ3v) is 5.38. The van der Waals surface area contributed by atoms with Gasteiger partial charge < -0.3 is 4.90 Å². The first kappa shape index (κ1) is 15.7. The number of anilines is 1. The molecule has 3 rings (SSSR count). The number of amides is 1. The van der Waals surface area contributed by atoms with Crippen LogP contribution in [0.4, 0.5) is 5.69 Å². The molecule has 6 heteroatoms. The van der Waals surface area contributed by atoms with Gasteiger partial charge in [-0.05, 0) is 31.2 Å². The lowest BCUT2D eigenvalue weighted by Gasteiger charge is -2.17. The summed E-state index contributed by atoms with van der Waals surface area (Å²) in [6, 6.07) is 15.4. The van der Waals surface area contributed by atoms with E-state index < -0.39 is 16.1 Å². The fraction of sp³-hybridized carbons (Fsp3) is 0.235. The Morgan fingerprint density at radius 3 is 2.35 bits per heavy atom. The minimum Gasteiger partial charge on any atom is -0.311 e. The number of aryl methyl sites for hydroxylation is 1. The summed E-state index contributed by atoms with van der Waals surface area (Å²) in [5.41, 5.74) is 1.91. The SMILES string of the molecule is Cc1ccc(N2C[C@H](NS(=O)(=O)c3ccccc3)CC2=O)cc1. The fourth-order valence-corrected chi connectivity index (χ4v) is 3.90. The average Bonchev–Trinajstić information content (AvgIpc) is 2.89. The summed E-state index contributed by atoms with van der Waals surface area (Å²) in [4.78, 5) is 14.0. The lowest BCUT2D eigenvalue weighted by atomic mass is 10.2. The second-order valence-corrected chi connectivity index (χ2v) is 7.39. The zero-order valence-electron chi connectivity index (χ0n) is 12.8. The number of rotatable bonds is 4. The number of sulfonamides is 1. The van der Waals surface area contributed by atoms with Gasteiger partial charge in [0.25, 0.3) is 0 Å². The van der Waals surface area contributed by atoms with Crippen LogP contribution in [-0.2, 0) is 14.8 Å². The maximum absolute atomic E-state index is 12.3. The van der Waals surface area contributed by atoms with Crippen LogP contribution in [-0.4, -0.2) is 26.9 Å². The Morgan fingerprint density at radius 1 is 1.04 bits per heavy atom. The second-order valence-electron chi connectivity index (χ2n) is 5.68. The van der Waals surface area contributed by atoms with Crippen molar-refractivity contribution in [3.05, 3.63) is 60.2 Å². The Labute approximate surface area is 136 Å². The molecule has 0 aromatic heterocycles. The number of carbonyl (C=O) groups is 1. The molecule has 1 aliphatic heterocycles. The van der Waals surface area contributed by atoms with Gasteiger partial charge in [-0.3, -0.25) is 4.79 Å². The van der Waals surface area contributed by atoms with Gasteiger partial charge in [0.1, 0.15) is 0 Å². The van der Waals surface area contributed by atoms with Crippen molar-refractivity contribution in [3.8, 4) is 0 Å². The molecule has 1 heterocycles. The number of carbonyl (C=O) groups excluding carboxylic acids is 1. The van der Waals surface area contributed by atoms with Crippen LogP contribution in [0.25, 0.3) is 0 Å². The molecular weight excluding hydrogens is 312 g/mol. The Balaban J connectivity index is 1.74. The van der Waals surface area contributed by atoms with Crippen LogP contribution in [0.3, 0.4) is 0 Å². The monoisotopic (exact) mass is 330 g/mol. The van der Waals surface area contributed by atoms with Crippen molar-refractivity contribution in [1.29, 1.82) is 0 Å². The van der Waals surface area contributed by atoms with E-state index in [9.17, 15) is 13.2 Å².